The molecule has 0 fully saturated rings. The first kappa shape index (κ1) is 12.5. The van der Waals surface area contributed by atoms with Gasteiger partial charge in [0.1, 0.15) is 0 Å². The van der Waals surface area contributed by atoms with Crippen LogP contribution >= 0.6 is 15.9 Å². The number of carbonyl (C=O) groups excluding carboxylic acids is 2. The van der Waals surface area contributed by atoms with E-state index < -0.39 is 11.9 Å². The number of methoxy groups -OCH3 is 2. The number of nitrogen functional groups attached to an aromatic ring is 1. The molecule has 5 nitrogen and oxygen atoms in total. The Bertz CT molecular complexity index is 445. The highest BCUT2D eigenvalue weighted by Crippen LogP contribution is 2.25. The molecule has 1 rings (SSSR count). The molecule has 86 valence electrons. The van der Waals surface area contributed by atoms with Crippen LogP contribution in [0.15, 0.2) is 16.6 Å². The number of carbonyl (C=O) groups is 2. The zero-order chi connectivity index (χ0) is 12.3. The fraction of sp³-hybridized carbons (Fsp3) is 0.200. The molecular formula is C10H10BrNO4. The Labute approximate surface area is 101 Å². The molecule has 2 N–H and O–H groups in total. The standard InChI is InChI=1S/C10H10BrNO4/c1-15-9(13)6-3-5(12)4-7(11)8(6)10(14)16-2/h3-4H,12H2,1-2H3. The van der Waals surface area contributed by atoms with E-state index in [4.69, 9.17) is 5.73 Å². The minimum absolute atomic E-state index is 0.0706. The SMILES string of the molecule is COC(=O)c1cc(N)cc(Br)c1C(=O)OC. The van der Waals surface area contributed by atoms with Crippen molar-refractivity contribution in [2.24, 2.45) is 0 Å². The highest BCUT2D eigenvalue weighted by Gasteiger charge is 2.22. The highest BCUT2D eigenvalue weighted by molar-refractivity contribution is 9.10. The second-order valence-electron chi connectivity index (χ2n) is 2.91. The van der Waals surface area contributed by atoms with Crippen LogP contribution in [0.5, 0.6) is 0 Å². The molecule has 1 aromatic rings. The van der Waals surface area contributed by atoms with E-state index in [0.717, 1.165) is 0 Å². The summed E-state index contributed by atoms with van der Waals surface area (Å²) < 4.78 is 9.52. The van der Waals surface area contributed by atoms with Gasteiger partial charge in [0.05, 0.1) is 25.3 Å². The minimum atomic E-state index is -0.645. The molecular weight excluding hydrogens is 278 g/mol. The molecule has 0 saturated heterocycles. The summed E-state index contributed by atoms with van der Waals surface area (Å²) in [7, 11) is 2.45. The third-order valence-electron chi connectivity index (χ3n) is 1.91. The van der Waals surface area contributed by atoms with Gasteiger partial charge in [-0.15, -0.1) is 0 Å². The minimum Gasteiger partial charge on any atom is -0.465 e. The van der Waals surface area contributed by atoms with E-state index in [2.05, 4.69) is 25.4 Å². The summed E-state index contributed by atoms with van der Waals surface area (Å²) in [5.41, 5.74) is 6.09. The molecule has 6 heteroatoms. The Hall–Kier alpha value is -1.56. The molecule has 0 aliphatic heterocycles. The zero-order valence-corrected chi connectivity index (χ0v) is 10.3. The largest absolute Gasteiger partial charge is 0.465 e. The van der Waals surface area contributed by atoms with Crippen LogP contribution in [0.2, 0.25) is 0 Å². The number of ether oxygens (including phenoxy) is 2. The summed E-state index contributed by atoms with van der Waals surface area (Å²) in [5.74, 6) is -1.28. The lowest BCUT2D eigenvalue weighted by atomic mass is 10.1. The number of esters is 2. The van der Waals surface area contributed by atoms with Gasteiger partial charge in [0, 0.05) is 10.2 Å². The van der Waals surface area contributed by atoms with E-state index in [0.29, 0.717) is 10.2 Å². The number of hydrogen-bond donors (Lipinski definition) is 1. The van der Waals surface area contributed by atoms with Crippen LogP contribution in [0.4, 0.5) is 5.69 Å². The lowest BCUT2D eigenvalue weighted by molar-refractivity contribution is 0.0554. The quantitative estimate of drug-likeness (QED) is 0.660. The first-order valence-corrected chi connectivity index (χ1v) is 5.06. The Balaban J connectivity index is 3.44. The van der Waals surface area contributed by atoms with Gasteiger partial charge in [-0.1, -0.05) is 0 Å². The summed E-state index contributed by atoms with van der Waals surface area (Å²) in [6, 6.07) is 2.88. The number of hydrogen-bond acceptors (Lipinski definition) is 5. The van der Waals surface area contributed by atoms with Gasteiger partial charge >= 0.3 is 11.9 Å². The molecule has 0 radical (unpaired) electrons. The van der Waals surface area contributed by atoms with Gasteiger partial charge in [0.25, 0.3) is 0 Å². The van der Waals surface area contributed by atoms with Crippen LogP contribution in [0.3, 0.4) is 0 Å². The zero-order valence-electron chi connectivity index (χ0n) is 8.74. The molecule has 0 saturated carbocycles. The van der Waals surface area contributed by atoms with Crippen molar-refractivity contribution in [3.05, 3.63) is 27.7 Å². The van der Waals surface area contributed by atoms with Crippen LogP contribution in [0.1, 0.15) is 20.7 Å². The Morgan fingerprint density at radius 3 is 2.25 bits per heavy atom. The van der Waals surface area contributed by atoms with Crippen molar-refractivity contribution < 1.29 is 19.1 Å². The second kappa shape index (κ2) is 4.98. The molecule has 0 aliphatic rings. The third-order valence-corrected chi connectivity index (χ3v) is 2.53. The van der Waals surface area contributed by atoms with Crippen LogP contribution in [0, 0.1) is 0 Å². The number of nitrogens with two attached hydrogens (primary N) is 1. The number of rotatable bonds is 2. The van der Waals surface area contributed by atoms with E-state index in [1.807, 2.05) is 0 Å². The maximum atomic E-state index is 11.5. The molecule has 0 aromatic heterocycles. The maximum Gasteiger partial charge on any atom is 0.339 e. The average Bonchev–Trinajstić information content (AvgIpc) is 2.26. The van der Waals surface area contributed by atoms with Crippen LogP contribution in [-0.2, 0) is 9.47 Å². The average molecular weight is 288 g/mol. The van der Waals surface area contributed by atoms with Gasteiger partial charge in [-0.2, -0.15) is 0 Å². The Morgan fingerprint density at radius 1 is 1.19 bits per heavy atom. The number of benzene rings is 1. The van der Waals surface area contributed by atoms with Crippen LogP contribution < -0.4 is 5.73 Å². The van der Waals surface area contributed by atoms with Crippen molar-refractivity contribution in [3.63, 3.8) is 0 Å². The van der Waals surface area contributed by atoms with E-state index in [-0.39, 0.29) is 11.1 Å². The first-order valence-electron chi connectivity index (χ1n) is 4.27. The van der Waals surface area contributed by atoms with Crippen LogP contribution in [-0.4, -0.2) is 26.2 Å². The van der Waals surface area contributed by atoms with Crippen molar-refractivity contribution >= 4 is 33.6 Å². The summed E-state index contributed by atoms with van der Waals surface area (Å²) in [4.78, 5) is 22.9. The van der Waals surface area contributed by atoms with Crippen LogP contribution in [0.25, 0.3) is 0 Å². The Morgan fingerprint density at radius 2 is 1.75 bits per heavy atom. The predicted molar refractivity (Wildman–Crippen MR) is 61.2 cm³/mol. The normalized spacial score (nSPS) is 9.69. The predicted octanol–water partition coefficient (Wildman–Crippen LogP) is 1.60. The van der Waals surface area contributed by atoms with Crippen molar-refractivity contribution in [2.45, 2.75) is 0 Å². The van der Waals surface area contributed by atoms with E-state index >= 15 is 0 Å². The highest BCUT2D eigenvalue weighted by atomic mass is 79.9. The monoisotopic (exact) mass is 287 g/mol. The molecule has 0 bridgehead atoms. The molecule has 0 amide bonds. The molecule has 0 unspecified atom stereocenters. The summed E-state index contributed by atoms with van der Waals surface area (Å²) in [5, 5.41) is 0. The molecule has 1 aromatic carbocycles. The lowest BCUT2D eigenvalue weighted by Crippen LogP contribution is -2.13. The van der Waals surface area contributed by atoms with Gasteiger partial charge in [0.15, 0.2) is 0 Å². The van der Waals surface area contributed by atoms with E-state index in [1.54, 1.807) is 0 Å². The van der Waals surface area contributed by atoms with Crippen molar-refractivity contribution in [1.29, 1.82) is 0 Å². The van der Waals surface area contributed by atoms with Gasteiger partial charge < -0.3 is 15.2 Å². The summed E-state index contributed by atoms with van der Waals surface area (Å²) >= 11 is 3.15. The fourth-order valence-electron chi connectivity index (χ4n) is 1.21. The summed E-state index contributed by atoms with van der Waals surface area (Å²) in [6.07, 6.45) is 0. The first-order chi connectivity index (χ1) is 7.51. The second-order valence-corrected chi connectivity index (χ2v) is 3.76. The topological polar surface area (TPSA) is 78.6 Å². The van der Waals surface area contributed by atoms with Crippen molar-refractivity contribution in [3.8, 4) is 0 Å². The molecule has 0 heterocycles. The number of anilines is 1. The fourth-order valence-corrected chi connectivity index (χ4v) is 1.85. The Kier molecular flexibility index (Phi) is 3.89. The lowest BCUT2D eigenvalue weighted by Gasteiger charge is -2.09. The van der Waals surface area contributed by atoms with E-state index in [9.17, 15) is 9.59 Å². The van der Waals surface area contributed by atoms with Gasteiger partial charge in [-0.3, -0.25) is 0 Å². The van der Waals surface area contributed by atoms with Gasteiger partial charge in [0.2, 0.25) is 0 Å². The van der Waals surface area contributed by atoms with E-state index in [1.165, 1.54) is 26.4 Å². The van der Waals surface area contributed by atoms with Gasteiger partial charge in [-0.25, -0.2) is 9.59 Å². The smallest absolute Gasteiger partial charge is 0.339 e. The molecule has 0 spiro atoms. The van der Waals surface area contributed by atoms with Gasteiger partial charge in [-0.05, 0) is 28.1 Å². The van der Waals surface area contributed by atoms with Crippen molar-refractivity contribution in [1.82, 2.24) is 0 Å². The molecule has 0 aliphatic carbocycles. The molecule has 16 heavy (non-hydrogen) atoms. The number of halogens is 1. The summed E-state index contributed by atoms with van der Waals surface area (Å²) in [6.45, 7) is 0. The third kappa shape index (κ3) is 2.33. The molecule has 0 atom stereocenters. The van der Waals surface area contributed by atoms with Crippen molar-refractivity contribution in [2.75, 3.05) is 20.0 Å². The maximum absolute atomic E-state index is 11.5.